The molecule has 0 radical (unpaired) electrons. The van der Waals surface area contributed by atoms with Crippen LogP contribution in [-0.2, 0) is 0 Å². The lowest BCUT2D eigenvalue weighted by Gasteiger charge is -2.01. The van der Waals surface area contributed by atoms with Gasteiger partial charge in [-0.25, -0.2) is 0 Å². The summed E-state index contributed by atoms with van der Waals surface area (Å²) in [6, 6.07) is 0. The first-order chi connectivity index (χ1) is 6.93. The van der Waals surface area contributed by atoms with Crippen LogP contribution in [0.1, 0.15) is 71.1 Å². The molecule has 1 heteroatoms. The molecule has 0 amide bonds. The van der Waals surface area contributed by atoms with Crippen molar-refractivity contribution >= 4 is 11.8 Å². The zero-order valence-corrected chi connectivity index (χ0v) is 10.6. The molecule has 0 aromatic carbocycles. The number of thioether (sulfide) groups is 1. The molecule has 0 heterocycles. The van der Waals surface area contributed by atoms with Crippen LogP contribution in [0.25, 0.3) is 0 Å². The lowest BCUT2D eigenvalue weighted by atomic mass is 10.1. The molecule has 84 valence electrons. The van der Waals surface area contributed by atoms with E-state index in [4.69, 9.17) is 0 Å². The number of hydrogen-bond acceptors (Lipinski definition) is 1. The van der Waals surface area contributed by atoms with Crippen LogP contribution in [0, 0.1) is 0 Å². The normalized spacial score (nSPS) is 16.1. The first-order valence-electron chi connectivity index (χ1n) is 6.55. The second kappa shape index (κ2) is 8.64. The Labute approximate surface area is 94.2 Å². The molecule has 0 atom stereocenters. The van der Waals surface area contributed by atoms with E-state index in [1.807, 2.05) is 0 Å². The van der Waals surface area contributed by atoms with Gasteiger partial charge in [-0.15, -0.1) is 0 Å². The van der Waals surface area contributed by atoms with Gasteiger partial charge in [-0.2, -0.15) is 11.8 Å². The van der Waals surface area contributed by atoms with Gasteiger partial charge in [-0.05, 0) is 25.0 Å². The zero-order chi connectivity index (χ0) is 10.1. The van der Waals surface area contributed by atoms with Crippen LogP contribution in [0.4, 0.5) is 0 Å². The molecule has 0 N–H and O–H groups in total. The van der Waals surface area contributed by atoms with Gasteiger partial charge in [0.15, 0.2) is 0 Å². The Kier molecular flexibility index (Phi) is 7.67. The summed E-state index contributed by atoms with van der Waals surface area (Å²) in [6.07, 6.45) is 14.7. The SMILES string of the molecule is CCCCCCCCCCSC1CC1. The number of rotatable bonds is 10. The highest BCUT2D eigenvalue weighted by atomic mass is 32.2. The molecule has 0 saturated heterocycles. The molecule has 0 bridgehead atoms. The van der Waals surface area contributed by atoms with E-state index in [1.165, 1.54) is 70.0 Å². The van der Waals surface area contributed by atoms with Crippen LogP contribution in [0.5, 0.6) is 0 Å². The maximum atomic E-state index is 2.29. The minimum atomic E-state index is 1.07. The smallest absolute Gasteiger partial charge is 0.00478 e. The van der Waals surface area contributed by atoms with Crippen LogP contribution in [0.3, 0.4) is 0 Å². The van der Waals surface area contributed by atoms with E-state index in [1.54, 1.807) is 0 Å². The minimum Gasteiger partial charge on any atom is -0.159 e. The Morgan fingerprint density at radius 2 is 1.43 bits per heavy atom. The lowest BCUT2D eigenvalue weighted by molar-refractivity contribution is 0.586. The van der Waals surface area contributed by atoms with Crippen molar-refractivity contribution in [2.75, 3.05) is 5.75 Å². The number of hydrogen-bond donors (Lipinski definition) is 0. The summed E-state index contributed by atoms with van der Waals surface area (Å²) in [5.74, 6) is 1.43. The second-order valence-corrected chi connectivity index (χ2v) is 5.95. The van der Waals surface area contributed by atoms with Crippen LogP contribution in [0.15, 0.2) is 0 Å². The first-order valence-corrected chi connectivity index (χ1v) is 7.60. The molecule has 1 saturated carbocycles. The van der Waals surface area contributed by atoms with Gasteiger partial charge < -0.3 is 0 Å². The van der Waals surface area contributed by atoms with Gasteiger partial charge in [-0.1, -0.05) is 51.9 Å². The third kappa shape index (κ3) is 7.73. The van der Waals surface area contributed by atoms with Crippen molar-refractivity contribution in [1.82, 2.24) is 0 Å². The minimum absolute atomic E-state index is 1.07. The summed E-state index contributed by atoms with van der Waals surface area (Å²) in [6.45, 7) is 2.29. The Morgan fingerprint density at radius 3 is 2.00 bits per heavy atom. The van der Waals surface area contributed by atoms with Crippen molar-refractivity contribution in [2.24, 2.45) is 0 Å². The molecule has 1 fully saturated rings. The third-order valence-electron chi connectivity index (χ3n) is 2.88. The van der Waals surface area contributed by atoms with Gasteiger partial charge in [0.25, 0.3) is 0 Å². The zero-order valence-electron chi connectivity index (χ0n) is 9.76. The summed E-state index contributed by atoms with van der Waals surface area (Å²) in [4.78, 5) is 0. The summed E-state index contributed by atoms with van der Waals surface area (Å²) in [7, 11) is 0. The monoisotopic (exact) mass is 214 g/mol. The van der Waals surface area contributed by atoms with Gasteiger partial charge in [0.1, 0.15) is 0 Å². The van der Waals surface area contributed by atoms with Crippen LogP contribution in [0.2, 0.25) is 0 Å². The standard InChI is InChI=1S/C13H26S/c1-2-3-4-5-6-7-8-9-12-14-13-10-11-13/h13H,2-12H2,1H3. The maximum absolute atomic E-state index is 2.29. The lowest BCUT2D eigenvalue weighted by Crippen LogP contribution is -1.84. The van der Waals surface area contributed by atoms with Gasteiger partial charge in [0.05, 0.1) is 0 Å². The number of unbranched alkanes of at least 4 members (excludes halogenated alkanes) is 7. The molecule has 1 rings (SSSR count). The van der Waals surface area contributed by atoms with Crippen molar-refractivity contribution in [1.29, 1.82) is 0 Å². The average Bonchev–Trinajstić information content (AvgIpc) is 2.99. The highest BCUT2D eigenvalue weighted by Gasteiger charge is 2.20. The van der Waals surface area contributed by atoms with Gasteiger partial charge in [0.2, 0.25) is 0 Å². The van der Waals surface area contributed by atoms with E-state index in [2.05, 4.69) is 18.7 Å². The van der Waals surface area contributed by atoms with Crippen molar-refractivity contribution in [3.63, 3.8) is 0 Å². The molecule has 0 aliphatic heterocycles. The van der Waals surface area contributed by atoms with Crippen LogP contribution >= 0.6 is 11.8 Å². The molecule has 14 heavy (non-hydrogen) atoms. The highest BCUT2D eigenvalue weighted by Crippen LogP contribution is 2.34. The first kappa shape index (κ1) is 12.4. The molecule has 1 aliphatic carbocycles. The third-order valence-corrected chi connectivity index (χ3v) is 4.34. The topological polar surface area (TPSA) is 0 Å². The predicted octanol–water partition coefficient (Wildman–Crippen LogP) is 5.02. The van der Waals surface area contributed by atoms with Crippen LogP contribution in [-0.4, -0.2) is 11.0 Å². The fraction of sp³-hybridized carbons (Fsp3) is 1.00. The molecule has 0 aromatic rings. The Morgan fingerprint density at radius 1 is 0.857 bits per heavy atom. The van der Waals surface area contributed by atoms with Gasteiger partial charge in [-0.3, -0.25) is 0 Å². The maximum Gasteiger partial charge on any atom is 0.00478 e. The van der Waals surface area contributed by atoms with E-state index in [0.29, 0.717) is 0 Å². The molecular formula is C13H26S. The molecule has 1 aliphatic rings. The molecule has 0 nitrogen and oxygen atoms in total. The summed E-state index contributed by atoms with van der Waals surface area (Å²) < 4.78 is 0. The molecular weight excluding hydrogens is 188 g/mol. The predicted molar refractivity (Wildman–Crippen MR) is 68.1 cm³/mol. The quantitative estimate of drug-likeness (QED) is 0.460. The Bertz CT molecular complexity index is 118. The van der Waals surface area contributed by atoms with E-state index in [0.717, 1.165) is 5.25 Å². The molecule has 0 aromatic heterocycles. The van der Waals surface area contributed by atoms with E-state index < -0.39 is 0 Å². The average molecular weight is 214 g/mol. The molecule has 0 spiro atoms. The largest absolute Gasteiger partial charge is 0.159 e. The fourth-order valence-electron chi connectivity index (χ4n) is 1.72. The summed E-state index contributed by atoms with van der Waals surface area (Å²) in [5, 5.41) is 1.07. The molecule has 0 unspecified atom stereocenters. The summed E-state index contributed by atoms with van der Waals surface area (Å²) in [5.41, 5.74) is 0. The van der Waals surface area contributed by atoms with E-state index in [-0.39, 0.29) is 0 Å². The van der Waals surface area contributed by atoms with Crippen molar-refractivity contribution < 1.29 is 0 Å². The van der Waals surface area contributed by atoms with E-state index in [9.17, 15) is 0 Å². The Balaban J connectivity index is 1.63. The second-order valence-electron chi connectivity index (χ2n) is 4.55. The Hall–Kier alpha value is 0.350. The highest BCUT2D eigenvalue weighted by molar-refractivity contribution is 8.00. The fourth-order valence-corrected chi connectivity index (χ4v) is 2.89. The van der Waals surface area contributed by atoms with Gasteiger partial charge >= 0.3 is 0 Å². The van der Waals surface area contributed by atoms with Crippen molar-refractivity contribution in [3.8, 4) is 0 Å². The van der Waals surface area contributed by atoms with Crippen molar-refractivity contribution in [2.45, 2.75) is 76.4 Å². The van der Waals surface area contributed by atoms with Crippen molar-refractivity contribution in [3.05, 3.63) is 0 Å². The van der Waals surface area contributed by atoms with E-state index >= 15 is 0 Å². The van der Waals surface area contributed by atoms with Crippen LogP contribution < -0.4 is 0 Å². The summed E-state index contributed by atoms with van der Waals surface area (Å²) >= 11 is 2.21. The van der Waals surface area contributed by atoms with Gasteiger partial charge in [0, 0.05) is 5.25 Å².